The molecule has 0 bridgehead atoms. The zero-order valence-electron chi connectivity index (χ0n) is 11.1. The third-order valence-corrected chi connectivity index (χ3v) is 4.03. The van der Waals surface area contributed by atoms with Gasteiger partial charge in [0, 0.05) is 18.2 Å². The molecule has 0 aromatic carbocycles. The number of fused-ring (bicyclic) bond motifs is 1. The molecule has 0 radical (unpaired) electrons. The fraction of sp³-hybridized carbons (Fsp3) is 0.533. The van der Waals surface area contributed by atoms with Gasteiger partial charge in [-0.3, -0.25) is 4.79 Å². The summed E-state index contributed by atoms with van der Waals surface area (Å²) in [5.74, 6) is 1.75. The van der Waals surface area contributed by atoms with Crippen LogP contribution in [0.3, 0.4) is 0 Å². The van der Waals surface area contributed by atoms with Crippen molar-refractivity contribution in [2.45, 2.75) is 44.9 Å². The van der Waals surface area contributed by atoms with Crippen molar-refractivity contribution in [1.29, 1.82) is 0 Å². The average Bonchev–Trinajstić information content (AvgIpc) is 2.88. The van der Waals surface area contributed by atoms with Gasteiger partial charge in [0.2, 0.25) is 0 Å². The molecule has 0 aliphatic heterocycles. The third kappa shape index (κ3) is 2.83. The Morgan fingerprint density at radius 3 is 2.89 bits per heavy atom. The molecule has 100 valence electrons. The van der Waals surface area contributed by atoms with E-state index in [0.29, 0.717) is 5.56 Å². The largest absolute Gasteiger partial charge is 0.298 e. The Bertz CT molecular complexity index is 570. The Balaban J connectivity index is 1.68. The molecule has 0 N–H and O–H groups in total. The van der Waals surface area contributed by atoms with Crippen molar-refractivity contribution in [2.75, 3.05) is 0 Å². The Labute approximate surface area is 112 Å². The molecule has 19 heavy (non-hydrogen) atoms. The molecule has 1 aliphatic carbocycles. The summed E-state index contributed by atoms with van der Waals surface area (Å²) < 4.78 is 1.71. The van der Waals surface area contributed by atoms with Crippen LogP contribution in [0.5, 0.6) is 0 Å². The Hall–Kier alpha value is -1.71. The summed E-state index contributed by atoms with van der Waals surface area (Å²) in [5, 5.41) is 4.45. The average molecular weight is 257 g/mol. The first-order valence-corrected chi connectivity index (χ1v) is 7.15. The van der Waals surface area contributed by atoms with E-state index >= 15 is 0 Å². The molecule has 0 amide bonds. The number of carbonyl (C=O) groups is 1. The predicted octanol–water partition coefficient (Wildman–Crippen LogP) is 3.05. The van der Waals surface area contributed by atoms with Crippen molar-refractivity contribution in [1.82, 2.24) is 14.6 Å². The Morgan fingerprint density at radius 2 is 2.11 bits per heavy atom. The summed E-state index contributed by atoms with van der Waals surface area (Å²) in [6.07, 6.45) is 11.6. The molecule has 2 heterocycles. The van der Waals surface area contributed by atoms with Crippen LogP contribution in [0, 0.1) is 5.92 Å². The van der Waals surface area contributed by atoms with E-state index in [1.807, 2.05) is 6.07 Å². The van der Waals surface area contributed by atoms with Gasteiger partial charge in [-0.25, -0.2) is 9.50 Å². The predicted molar refractivity (Wildman–Crippen MR) is 73.3 cm³/mol. The van der Waals surface area contributed by atoms with E-state index in [2.05, 4.69) is 10.1 Å². The molecule has 0 unspecified atom stereocenters. The summed E-state index contributed by atoms with van der Waals surface area (Å²) in [7, 11) is 0. The molecule has 0 atom stereocenters. The molecule has 0 saturated heterocycles. The lowest BCUT2D eigenvalue weighted by Crippen LogP contribution is -2.07. The molecular formula is C15H19N3O. The summed E-state index contributed by atoms with van der Waals surface area (Å²) in [5.41, 5.74) is 1.46. The normalized spacial score (nSPS) is 16.8. The molecule has 2 aromatic rings. The van der Waals surface area contributed by atoms with Crippen molar-refractivity contribution in [3.05, 3.63) is 29.7 Å². The van der Waals surface area contributed by atoms with Gasteiger partial charge in [0.25, 0.3) is 0 Å². The summed E-state index contributed by atoms with van der Waals surface area (Å²) in [6.45, 7) is 0. The second kappa shape index (κ2) is 5.51. The van der Waals surface area contributed by atoms with E-state index in [9.17, 15) is 4.79 Å². The van der Waals surface area contributed by atoms with E-state index in [-0.39, 0.29) is 0 Å². The second-order valence-corrected chi connectivity index (χ2v) is 5.45. The number of hydrogen-bond acceptors (Lipinski definition) is 3. The van der Waals surface area contributed by atoms with Gasteiger partial charge in [0.05, 0.1) is 0 Å². The maximum atomic E-state index is 10.7. The molecule has 2 aromatic heterocycles. The zero-order valence-corrected chi connectivity index (χ0v) is 11.1. The molecule has 1 fully saturated rings. The number of aldehydes is 1. The molecule has 4 heteroatoms. The highest BCUT2D eigenvalue weighted by molar-refractivity contribution is 5.74. The van der Waals surface area contributed by atoms with Gasteiger partial charge in [-0.1, -0.05) is 32.1 Å². The van der Waals surface area contributed by atoms with E-state index in [0.717, 1.165) is 30.1 Å². The molecule has 0 spiro atoms. The van der Waals surface area contributed by atoms with Crippen LogP contribution in [-0.2, 0) is 6.42 Å². The van der Waals surface area contributed by atoms with Crippen LogP contribution in [0.2, 0.25) is 0 Å². The lowest BCUT2D eigenvalue weighted by atomic mass is 9.86. The number of nitrogens with zero attached hydrogens (tertiary/aromatic N) is 3. The summed E-state index contributed by atoms with van der Waals surface area (Å²) in [6, 6.07) is 3.63. The number of hydrogen-bond donors (Lipinski definition) is 0. The standard InChI is InChI=1S/C15H19N3O/c19-11-13-7-9-15-16-14(17-18(15)10-13)8-6-12-4-2-1-3-5-12/h7,9-12H,1-6,8H2. The van der Waals surface area contributed by atoms with Crippen LogP contribution in [0.25, 0.3) is 5.65 Å². The van der Waals surface area contributed by atoms with Gasteiger partial charge < -0.3 is 0 Å². The zero-order chi connectivity index (χ0) is 13.1. The van der Waals surface area contributed by atoms with Crippen molar-refractivity contribution in [3.8, 4) is 0 Å². The first kappa shape index (κ1) is 12.3. The smallest absolute Gasteiger partial charge is 0.155 e. The molecule has 4 nitrogen and oxygen atoms in total. The summed E-state index contributed by atoms with van der Waals surface area (Å²) >= 11 is 0. The molecule has 1 aliphatic rings. The van der Waals surface area contributed by atoms with Crippen LogP contribution in [0.1, 0.15) is 54.7 Å². The van der Waals surface area contributed by atoms with E-state index in [1.165, 1.54) is 38.5 Å². The Morgan fingerprint density at radius 1 is 1.26 bits per heavy atom. The van der Waals surface area contributed by atoms with E-state index in [1.54, 1.807) is 16.8 Å². The van der Waals surface area contributed by atoms with Crippen molar-refractivity contribution >= 4 is 11.9 Å². The highest BCUT2D eigenvalue weighted by atomic mass is 16.1. The lowest BCUT2D eigenvalue weighted by molar-refractivity contribution is 0.112. The highest BCUT2D eigenvalue weighted by Gasteiger charge is 2.14. The topological polar surface area (TPSA) is 47.3 Å². The number of carbonyl (C=O) groups excluding carboxylic acids is 1. The first-order chi connectivity index (χ1) is 9.35. The van der Waals surface area contributed by atoms with E-state index < -0.39 is 0 Å². The van der Waals surface area contributed by atoms with Crippen LogP contribution in [0.15, 0.2) is 18.3 Å². The van der Waals surface area contributed by atoms with E-state index in [4.69, 9.17) is 0 Å². The number of pyridine rings is 1. The maximum absolute atomic E-state index is 10.7. The third-order valence-electron chi connectivity index (χ3n) is 4.03. The minimum absolute atomic E-state index is 0.635. The fourth-order valence-electron chi connectivity index (χ4n) is 2.93. The molecule has 3 rings (SSSR count). The summed E-state index contributed by atoms with van der Waals surface area (Å²) in [4.78, 5) is 15.2. The quantitative estimate of drug-likeness (QED) is 0.791. The fourth-order valence-corrected chi connectivity index (χ4v) is 2.93. The minimum Gasteiger partial charge on any atom is -0.298 e. The van der Waals surface area contributed by atoms with Gasteiger partial charge >= 0.3 is 0 Å². The molecule has 1 saturated carbocycles. The van der Waals surface area contributed by atoms with Crippen molar-refractivity contribution in [2.24, 2.45) is 5.92 Å². The SMILES string of the molecule is O=Cc1ccc2nc(CCC3CCCCC3)nn2c1. The highest BCUT2D eigenvalue weighted by Crippen LogP contribution is 2.27. The number of aromatic nitrogens is 3. The van der Waals surface area contributed by atoms with Crippen LogP contribution < -0.4 is 0 Å². The van der Waals surface area contributed by atoms with Gasteiger partial charge in [0.1, 0.15) is 0 Å². The second-order valence-electron chi connectivity index (χ2n) is 5.45. The molecular weight excluding hydrogens is 238 g/mol. The van der Waals surface area contributed by atoms with Gasteiger partial charge in [0.15, 0.2) is 17.8 Å². The number of rotatable bonds is 4. The monoisotopic (exact) mass is 257 g/mol. The van der Waals surface area contributed by atoms with Gasteiger partial charge in [-0.15, -0.1) is 0 Å². The van der Waals surface area contributed by atoms with Crippen molar-refractivity contribution in [3.63, 3.8) is 0 Å². The van der Waals surface area contributed by atoms with Crippen LogP contribution in [0.4, 0.5) is 0 Å². The minimum atomic E-state index is 0.635. The van der Waals surface area contributed by atoms with Gasteiger partial charge in [-0.2, -0.15) is 5.10 Å². The first-order valence-electron chi connectivity index (χ1n) is 7.15. The van der Waals surface area contributed by atoms with Crippen LogP contribution >= 0.6 is 0 Å². The lowest BCUT2D eigenvalue weighted by Gasteiger charge is -2.20. The maximum Gasteiger partial charge on any atom is 0.155 e. The van der Waals surface area contributed by atoms with Gasteiger partial charge in [-0.05, 0) is 24.5 Å². The Kier molecular flexibility index (Phi) is 3.58. The van der Waals surface area contributed by atoms with Crippen LogP contribution in [-0.4, -0.2) is 20.9 Å². The van der Waals surface area contributed by atoms with Crippen molar-refractivity contribution < 1.29 is 4.79 Å². The number of aryl methyl sites for hydroxylation is 1.